The van der Waals surface area contributed by atoms with Crippen LogP contribution < -0.4 is 15.4 Å². The van der Waals surface area contributed by atoms with Crippen LogP contribution in [0, 0.1) is 5.82 Å². The Morgan fingerprint density at radius 1 is 1.09 bits per heavy atom. The van der Waals surface area contributed by atoms with Gasteiger partial charge in [-0.1, -0.05) is 42.4 Å². The van der Waals surface area contributed by atoms with Gasteiger partial charge in [0.25, 0.3) is 0 Å². The number of ether oxygens (including phenoxy) is 1. The van der Waals surface area contributed by atoms with Crippen LogP contribution in [0.2, 0.25) is 5.02 Å². The molecule has 1 aromatic heterocycles. The molecule has 2 aromatic carbocycles. The molecule has 1 heterocycles. The maximum atomic E-state index is 13.5. The third-order valence-corrected chi connectivity index (χ3v) is 5.97. The second-order valence-corrected chi connectivity index (χ2v) is 8.37. The first-order valence-corrected chi connectivity index (χ1v) is 11.2. The van der Waals surface area contributed by atoms with Gasteiger partial charge >= 0.3 is 6.18 Å². The number of pyridine rings is 1. The molecule has 0 radical (unpaired) electrons. The number of nitrogens with zero attached hydrogens (tertiary/aromatic N) is 1. The highest BCUT2D eigenvalue weighted by Crippen LogP contribution is 2.33. The van der Waals surface area contributed by atoms with Crippen molar-refractivity contribution in [1.29, 1.82) is 0 Å². The van der Waals surface area contributed by atoms with E-state index in [-0.39, 0.29) is 17.9 Å². The third kappa shape index (κ3) is 6.96. The van der Waals surface area contributed by atoms with Crippen LogP contribution in [0.5, 0.6) is 5.75 Å². The molecule has 0 unspecified atom stereocenters. The summed E-state index contributed by atoms with van der Waals surface area (Å²) in [4.78, 5) is 3.56. The number of aromatic nitrogens is 1. The van der Waals surface area contributed by atoms with E-state index in [1.807, 2.05) is 12.1 Å². The number of nitrogens with one attached hydrogen (secondary N) is 2. The van der Waals surface area contributed by atoms with E-state index >= 15 is 0 Å². The zero-order chi connectivity index (χ0) is 25.6. The van der Waals surface area contributed by atoms with Crippen molar-refractivity contribution in [2.24, 2.45) is 0 Å². The molecular formula is C26H26ClF4N3O. The van der Waals surface area contributed by atoms with Crippen molar-refractivity contribution in [2.75, 3.05) is 14.2 Å². The molecule has 0 aliphatic carbocycles. The van der Waals surface area contributed by atoms with E-state index in [1.54, 1.807) is 25.2 Å². The van der Waals surface area contributed by atoms with Crippen LogP contribution in [-0.2, 0) is 12.6 Å². The number of likely N-dealkylation sites (N-methyl/N-ethyl adjacent to an activating group) is 1. The highest BCUT2D eigenvalue weighted by Gasteiger charge is 2.32. The SMILES string of the molecule is C=C(NC)[C@H](N[C@@H](CCc1ccc(C(F)(F)F)nc1)c1ccc(Cl)c(OC)c1)c1ccc(F)cc1. The predicted molar refractivity (Wildman–Crippen MR) is 129 cm³/mol. The monoisotopic (exact) mass is 507 g/mol. The number of benzene rings is 2. The van der Waals surface area contributed by atoms with Gasteiger partial charge in [0.1, 0.15) is 17.3 Å². The lowest BCUT2D eigenvalue weighted by Gasteiger charge is -2.28. The van der Waals surface area contributed by atoms with Gasteiger partial charge in [0.15, 0.2) is 0 Å². The van der Waals surface area contributed by atoms with Crippen LogP contribution in [0.3, 0.4) is 0 Å². The Bertz CT molecular complexity index is 1130. The van der Waals surface area contributed by atoms with Crippen molar-refractivity contribution in [3.05, 3.63) is 106 Å². The molecule has 35 heavy (non-hydrogen) atoms. The molecule has 9 heteroatoms. The van der Waals surface area contributed by atoms with Gasteiger partial charge in [-0.15, -0.1) is 0 Å². The Morgan fingerprint density at radius 3 is 2.34 bits per heavy atom. The summed E-state index contributed by atoms with van der Waals surface area (Å²) in [6, 6.07) is 13.3. The maximum Gasteiger partial charge on any atom is 0.433 e. The highest BCUT2D eigenvalue weighted by molar-refractivity contribution is 6.32. The lowest BCUT2D eigenvalue weighted by molar-refractivity contribution is -0.141. The summed E-state index contributed by atoms with van der Waals surface area (Å²) in [5, 5.41) is 7.05. The third-order valence-electron chi connectivity index (χ3n) is 5.66. The second-order valence-electron chi connectivity index (χ2n) is 7.96. The van der Waals surface area contributed by atoms with Crippen LogP contribution in [0.15, 0.2) is 73.1 Å². The van der Waals surface area contributed by atoms with Gasteiger partial charge in [-0.25, -0.2) is 4.39 Å². The maximum absolute atomic E-state index is 13.5. The minimum Gasteiger partial charge on any atom is -0.495 e. The largest absolute Gasteiger partial charge is 0.495 e. The number of methoxy groups -OCH3 is 1. The Morgan fingerprint density at radius 2 is 1.77 bits per heavy atom. The zero-order valence-corrected chi connectivity index (χ0v) is 20.1. The molecule has 0 saturated carbocycles. The lowest BCUT2D eigenvalue weighted by atomic mass is 9.96. The molecule has 4 nitrogen and oxygen atoms in total. The van der Waals surface area contributed by atoms with E-state index < -0.39 is 11.9 Å². The molecule has 3 aromatic rings. The molecule has 0 bridgehead atoms. The molecular weight excluding hydrogens is 482 g/mol. The van der Waals surface area contributed by atoms with Crippen molar-refractivity contribution >= 4 is 11.6 Å². The van der Waals surface area contributed by atoms with Gasteiger partial charge in [-0.05, 0) is 59.9 Å². The van der Waals surface area contributed by atoms with Crippen LogP contribution >= 0.6 is 11.6 Å². The van der Waals surface area contributed by atoms with Crippen molar-refractivity contribution in [3.8, 4) is 5.75 Å². The first kappa shape index (κ1) is 26.5. The van der Waals surface area contributed by atoms with Crippen molar-refractivity contribution in [1.82, 2.24) is 15.6 Å². The number of hydrogen-bond donors (Lipinski definition) is 2. The van der Waals surface area contributed by atoms with Crippen LogP contribution in [0.25, 0.3) is 0 Å². The summed E-state index contributed by atoms with van der Waals surface area (Å²) >= 11 is 6.21. The summed E-state index contributed by atoms with van der Waals surface area (Å²) in [5.41, 5.74) is 2.06. The molecule has 0 amide bonds. The van der Waals surface area contributed by atoms with Crippen LogP contribution in [0.1, 0.15) is 40.9 Å². The molecule has 0 aliphatic rings. The Balaban J connectivity index is 1.91. The van der Waals surface area contributed by atoms with Gasteiger partial charge in [-0.3, -0.25) is 10.3 Å². The summed E-state index contributed by atoms with van der Waals surface area (Å²) in [6.45, 7) is 4.09. The Hall–Kier alpha value is -3.10. The average molecular weight is 508 g/mol. The fraction of sp³-hybridized carbons (Fsp3) is 0.269. The van der Waals surface area contributed by atoms with E-state index in [4.69, 9.17) is 16.3 Å². The number of aryl methyl sites for hydroxylation is 1. The number of halogens is 5. The van der Waals surface area contributed by atoms with Crippen molar-refractivity contribution in [2.45, 2.75) is 31.1 Å². The molecule has 0 aliphatic heterocycles. The number of hydrogen-bond acceptors (Lipinski definition) is 4. The van der Waals surface area contributed by atoms with E-state index in [9.17, 15) is 17.6 Å². The molecule has 2 atom stereocenters. The van der Waals surface area contributed by atoms with Gasteiger partial charge in [0, 0.05) is 25.0 Å². The molecule has 0 spiro atoms. The lowest BCUT2D eigenvalue weighted by Crippen LogP contribution is -2.31. The molecule has 186 valence electrons. The average Bonchev–Trinajstić information content (AvgIpc) is 2.84. The van der Waals surface area contributed by atoms with E-state index in [1.165, 1.54) is 31.5 Å². The van der Waals surface area contributed by atoms with Crippen LogP contribution in [0.4, 0.5) is 17.6 Å². The number of alkyl halides is 3. The summed E-state index contributed by atoms with van der Waals surface area (Å²) in [5.74, 6) is 0.147. The second kappa shape index (κ2) is 11.6. The topological polar surface area (TPSA) is 46.2 Å². The van der Waals surface area contributed by atoms with E-state index in [0.717, 1.165) is 17.2 Å². The number of rotatable bonds is 10. The summed E-state index contributed by atoms with van der Waals surface area (Å²) in [6.07, 6.45) is -2.27. The van der Waals surface area contributed by atoms with E-state index in [2.05, 4.69) is 22.2 Å². The van der Waals surface area contributed by atoms with Gasteiger partial charge < -0.3 is 10.1 Å². The standard InChI is InChI=1S/C26H26ClF4N3O/c1-16(32-2)25(18-6-9-20(28)10-7-18)34-22(19-8-11-21(27)23(14-19)35-3)12-4-17-5-13-24(33-15-17)26(29,30)31/h5-11,13-15,22,25,32,34H,1,4,12H2,2-3H3/t22-,25-/m0/s1. The normalized spacial score (nSPS) is 13.2. The quantitative estimate of drug-likeness (QED) is 0.302. The van der Waals surface area contributed by atoms with Crippen LogP contribution in [-0.4, -0.2) is 19.1 Å². The van der Waals surface area contributed by atoms with Gasteiger partial charge in [-0.2, -0.15) is 13.2 Å². The molecule has 3 rings (SSSR count). The minimum atomic E-state index is -4.49. The first-order valence-electron chi connectivity index (χ1n) is 10.9. The van der Waals surface area contributed by atoms with E-state index in [0.29, 0.717) is 34.9 Å². The smallest absolute Gasteiger partial charge is 0.433 e. The first-order chi connectivity index (χ1) is 16.6. The summed E-state index contributed by atoms with van der Waals surface area (Å²) in [7, 11) is 3.26. The van der Waals surface area contributed by atoms with Crippen molar-refractivity contribution < 1.29 is 22.3 Å². The van der Waals surface area contributed by atoms with Gasteiger partial charge in [0.2, 0.25) is 0 Å². The minimum absolute atomic E-state index is 0.274. The van der Waals surface area contributed by atoms with Crippen molar-refractivity contribution in [3.63, 3.8) is 0 Å². The fourth-order valence-electron chi connectivity index (χ4n) is 3.69. The Labute approximate surface area is 207 Å². The molecule has 0 fully saturated rings. The Kier molecular flexibility index (Phi) is 8.75. The summed E-state index contributed by atoms with van der Waals surface area (Å²) < 4.78 is 57.5. The molecule has 0 saturated heterocycles. The molecule has 2 N–H and O–H groups in total. The zero-order valence-electron chi connectivity index (χ0n) is 19.3. The highest BCUT2D eigenvalue weighted by atomic mass is 35.5. The van der Waals surface area contributed by atoms with Gasteiger partial charge in [0.05, 0.1) is 18.2 Å². The fourth-order valence-corrected chi connectivity index (χ4v) is 3.88. The predicted octanol–water partition coefficient (Wildman–Crippen LogP) is 6.64.